The number of cyclic esters (lactones) is 1. The third-order valence-corrected chi connectivity index (χ3v) is 7.93. The van der Waals surface area contributed by atoms with Gasteiger partial charge in [0, 0.05) is 25.4 Å². The van der Waals surface area contributed by atoms with E-state index in [-0.39, 0.29) is 25.0 Å². The Morgan fingerprint density at radius 3 is 2.53 bits per heavy atom. The zero-order valence-corrected chi connectivity index (χ0v) is 20.9. The van der Waals surface area contributed by atoms with Crippen LogP contribution in [-0.4, -0.2) is 71.8 Å². The third kappa shape index (κ3) is 3.87. The Labute approximate surface area is 211 Å². The second-order valence-corrected chi connectivity index (χ2v) is 10.2. The van der Waals surface area contributed by atoms with Crippen molar-refractivity contribution in [2.45, 2.75) is 57.3 Å². The van der Waals surface area contributed by atoms with Crippen molar-refractivity contribution >= 4 is 23.5 Å². The number of unbranched alkanes of at least 4 members (excludes halogenated alkanes) is 3. The van der Waals surface area contributed by atoms with Gasteiger partial charge in [-0.15, -0.1) is 0 Å². The van der Waals surface area contributed by atoms with E-state index < -0.39 is 35.6 Å². The van der Waals surface area contributed by atoms with Crippen molar-refractivity contribution in [2.75, 3.05) is 31.2 Å². The maximum atomic E-state index is 14.4. The van der Waals surface area contributed by atoms with Crippen LogP contribution < -0.4 is 4.90 Å². The molecule has 4 aliphatic heterocycles. The molecule has 2 fully saturated rings. The van der Waals surface area contributed by atoms with Gasteiger partial charge in [-0.1, -0.05) is 49.3 Å². The van der Waals surface area contributed by atoms with Crippen LogP contribution in [0.4, 0.5) is 5.69 Å². The summed E-state index contributed by atoms with van der Waals surface area (Å²) >= 11 is 0. The maximum Gasteiger partial charge on any atom is 0.313 e. The van der Waals surface area contributed by atoms with Gasteiger partial charge in [0.15, 0.2) is 0 Å². The second-order valence-electron chi connectivity index (χ2n) is 10.2. The van der Waals surface area contributed by atoms with Crippen molar-refractivity contribution in [1.29, 1.82) is 0 Å². The molecule has 8 heteroatoms. The molecule has 0 radical (unpaired) electrons. The van der Waals surface area contributed by atoms with Gasteiger partial charge in [-0.25, -0.2) is 0 Å². The molecule has 4 heterocycles. The minimum absolute atomic E-state index is 0.136. The van der Waals surface area contributed by atoms with Crippen LogP contribution in [0.5, 0.6) is 0 Å². The van der Waals surface area contributed by atoms with E-state index in [1.165, 1.54) is 0 Å². The van der Waals surface area contributed by atoms with Crippen LogP contribution in [0.3, 0.4) is 0 Å². The van der Waals surface area contributed by atoms with Gasteiger partial charge in [-0.05, 0) is 43.9 Å². The molecule has 0 aliphatic carbocycles. The summed E-state index contributed by atoms with van der Waals surface area (Å²) in [5, 5.41) is 9.10. The molecular weight excluding hydrogens is 460 g/mol. The molecule has 2 saturated heterocycles. The molecule has 4 aliphatic rings. The number of fused-ring (bicyclic) bond motifs is 2. The highest BCUT2D eigenvalue weighted by atomic mass is 16.6. The first kappa shape index (κ1) is 24.7. The average molecular weight is 495 g/mol. The van der Waals surface area contributed by atoms with Gasteiger partial charge in [0.05, 0.1) is 12.0 Å². The number of nitrogens with zero attached hydrogens (tertiary/aromatic N) is 2. The number of hydrogen-bond donors (Lipinski definition) is 1. The van der Waals surface area contributed by atoms with E-state index in [9.17, 15) is 14.4 Å². The molecule has 2 amide bonds. The van der Waals surface area contributed by atoms with E-state index in [4.69, 9.17) is 14.6 Å². The molecule has 1 spiro atoms. The number of hydrogen-bond acceptors (Lipinski definition) is 6. The number of likely N-dealkylation sites (tertiary alicyclic amines) is 1. The van der Waals surface area contributed by atoms with Crippen LogP contribution >= 0.6 is 0 Å². The highest BCUT2D eigenvalue weighted by molar-refractivity contribution is 6.06. The summed E-state index contributed by atoms with van der Waals surface area (Å²) in [4.78, 5) is 44.7. The van der Waals surface area contributed by atoms with E-state index in [0.29, 0.717) is 25.9 Å². The van der Waals surface area contributed by atoms with Gasteiger partial charge in [0.25, 0.3) is 5.91 Å². The highest BCUT2D eigenvalue weighted by Crippen LogP contribution is 2.53. The first-order valence-electron chi connectivity index (χ1n) is 12.9. The van der Waals surface area contributed by atoms with E-state index in [1.807, 2.05) is 44.2 Å². The number of aryl methyl sites for hydroxylation is 2. The Kier molecular flexibility index (Phi) is 6.74. The number of carbonyl (C=O) groups excluding carboxylic acids is 3. The number of anilines is 1. The molecular formula is C28H34N2O6. The molecule has 1 aromatic rings. The summed E-state index contributed by atoms with van der Waals surface area (Å²) in [7, 11) is 0. The van der Waals surface area contributed by atoms with E-state index in [0.717, 1.165) is 29.7 Å². The molecule has 36 heavy (non-hydrogen) atoms. The van der Waals surface area contributed by atoms with Gasteiger partial charge in [-0.3, -0.25) is 14.4 Å². The predicted molar refractivity (Wildman–Crippen MR) is 133 cm³/mol. The lowest BCUT2D eigenvalue weighted by Crippen LogP contribution is -2.55. The molecule has 5 rings (SSSR count). The first-order valence-corrected chi connectivity index (χ1v) is 12.9. The number of aliphatic hydroxyl groups excluding tert-OH is 1. The fourth-order valence-electron chi connectivity index (χ4n) is 6.39. The van der Waals surface area contributed by atoms with Crippen molar-refractivity contribution < 1.29 is 29.0 Å². The lowest BCUT2D eigenvalue weighted by molar-refractivity contribution is -0.152. The minimum Gasteiger partial charge on any atom is -0.461 e. The first-order chi connectivity index (χ1) is 17.4. The Morgan fingerprint density at radius 2 is 1.78 bits per heavy atom. The van der Waals surface area contributed by atoms with Crippen LogP contribution in [0.25, 0.3) is 0 Å². The average Bonchev–Trinajstić information content (AvgIpc) is 3.14. The fourth-order valence-corrected chi connectivity index (χ4v) is 6.39. The van der Waals surface area contributed by atoms with E-state index >= 15 is 0 Å². The van der Waals surface area contributed by atoms with Gasteiger partial charge >= 0.3 is 5.97 Å². The van der Waals surface area contributed by atoms with E-state index in [1.54, 1.807) is 22.0 Å². The van der Waals surface area contributed by atoms with Gasteiger partial charge in [0.1, 0.15) is 24.2 Å². The number of aliphatic hydroxyl groups is 1. The largest absolute Gasteiger partial charge is 0.461 e. The summed E-state index contributed by atoms with van der Waals surface area (Å²) in [6.45, 7) is 4.98. The molecule has 1 unspecified atom stereocenters. The number of esters is 1. The van der Waals surface area contributed by atoms with Crippen molar-refractivity contribution in [2.24, 2.45) is 11.8 Å². The number of benzene rings is 1. The summed E-state index contributed by atoms with van der Waals surface area (Å²) in [5.74, 6) is -2.50. The van der Waals surface area contributed by atoms with Crippen molar-refractivity contribution in [3.8, 4) is 0 Å². The maximum absolute atomic E-state index is 14.4. The second kappa shape index (κ2) is 9.82. The molecule has 0 bridgehead atoms. The number of ether oxygens (including phenoxy) is 2. The van der Waals surface area contributed by atoms with Crippen LogP contribution in [0.15, 0.2) is 42.5 Å². The molecule has 5 atom stereocenters. The van der Waals surface area contributed by atoms with Gasteiger partial charge in [-0.2, -0.15) is 0 Å². The molecule has 192 valence electrons. The summed E-state index contributed by atoms with van der Waals surface area (Å²) in [6, 6.07) is 5.05. The quantitative estimate of drug-likeness (QED) is 0.355. The number of amides is 2. The summed E-state index contributed by atoms with van der Waals surface area (Å²) in [5.41, 5.74) is 1.57. The fraction of sp³-hybridized carbons (Fsp3) is 0.536. The van der Waals surface area contributed by atoms with E-state index in [2.05, 4.69) is 0 Å². The number of para-hydroxylation sites is 1. The van der Waals surface area contributed by atoms with Crippen LogP contribution in [0.2, 0.25) is 0 Å². The minimum atomic E-state index is -1.24. The molecule has 0 saturated carbocycles. The Morgan fingerprint density at radius 1 is 1.03 bits per heavy atom. The topological polar surface area (TPSA) is 96.4 Å². The van der Waals surface area contributed by atoms with Crippen molar-refractivity contribution in [1.82, 2.24) is 4.90 Å². The highest BCUT2D eigenvalue weighted by Gasteiger charge is 2.71. The zero-order chi connectivity index (χ0) is 25.4. The molecule has 1 N–H and O–H groups in total. The van der Waals surface area contributed by atoms with Crippen molar-refractivity contribution in [3.63, 3.8) is 0 Å². The molecule has 1 aromatic carbocycles. The lowest BCUT2D eigenvalue weighted by Gasteiger charge is -2.36. The Balaban J connectivity index is 1.56. The zero-order valence-electron chi connectivity index (χ0n) is 20.9. The smallest absolute Gasteiger partial charge is 0.313 e. The van der Waals surface area contributed by atoms with Crippen LogP contribution in [0.1, 0.15) is 36.8 Å². The third-order valence-electron chi connectivity index (χ3n) is 7.93. The number of carbonyl (C=O) groups is 3. The van der Waals surface area contributed by atoms with Crippen molar-refractivity contribution in [3.05, 3.63) is 53.6 Å². The molecule has 8 nitrogen and oxygen atoms in total. The summed E-state index contributed by atoms with van der Waals surface area (Å²) < 4.78 is 11.9. The monoisotopic (exact) mass is 494 g/mol. The Bertz CT molecular complexity index is 1090. The normalized spacial score (nSPS) is 31.1. The number of rotatable bonds is 7. The van der Waals surface area contributed by atoms with Gasteiger partial charge in [0.2, 0.25) is 5.91 Å². The van der Waals surface area contributed by atoms with Crippen LogP contribution in [0, 0.1) is 25.7 Å². The summed E-state index contributed by atoms with van der Waals surface area (Å²) in [6.07, 6.45) is 9.74. The predicted octanol–water partition coefficient (Wildman–Crippen LogP) is 2.45. The molecule has 0 aromatic heterocycles. The SMILES string of the molecule is Cc1cccc(C)c1N1CC=C[C@]23O[C@H]4C=CCOC(=O)[C@H]4[C@H]2C(=O)N(CCCCCCO)C3C1=O. The standard InChI is InChI=1S/C28H34N2O6/c1-18-10-7-11-19(2)23(18)29-15-9-13-28-22(21-20(36-28)12-8-17-35-27(21)34)25(32)30(24(28)26(29)33)14-5-3-4-6-16-31/h7-13,20-22,24,31H,3-6,14-17H2,1-2H3/t20-,21+,22-,24?,28-/m0/s1. The Hall–Kier alpha value is -2.97. The lowest BCUT2D eigenvalue weighted by atomic mass is 9.78. The van der Waals surface area contributed by atoms with Crippen LogP contribution in [-0.2, 0) is 23.9 Å². The van der Waals surface area contributed by atoms with Gasteiger partial charge < -0.3 is 24.4 Å².